The summed E-state index contributed by atoms with van der Waals surface area (Å²) in [6.45, 7) is 6.26. The van der Waals surface area contributed by atoms with Crippen molar-refractivity contribution >= 4 is 17.9 Å². The van der Waals surface area contributed by atoms with Gasteiger partial charge in [0.1, 0.15) is 13.2 Å². The third-order valence-electron chi connectivity index (χ3n) is 8.18. The van der Waals surface area contributed by atoms with Crippen LogP contribution in [0.1, 0.15) is 175 Å². The molecule has 0 saturated heterocycles. The minimum absolute atomic E-state index is 0.110. The number of ether oxygens (including phenoxy) is 3. The maximum Gasteiger partial charge on any atom is 0.306 e. The Labute approximate surface area is 312 Å². The first kappa shape index (κ1) is 47.8. The predicted molar refractivity (Wildman–Crippen MR) is 214 cm³/mol. The van der Waals surface area contributed by atoms with E-state index in [1.165, 1.54) is 32.1 Å². The summed E-state index contributed by atoms with van der Waals surface area (Å²) < 4.78 is 16.5. The van der Waals surface area contributed by atoms with Crippen molar-refractivity contribution in [2.45, 2.75) is 181 Å². The van der Waals surface area contributed by atoms with Crippen LogP contribution in [-0.2, 0) is 28.6 Å². The van der Waals surface area contributed by atoms with Crippen molar-refractivity contribution in [3.63, 3.8) is 0 Å². The van der Waals surface area contributed by atoms with Crippen LogP contribution in [0, 0.1) is 0 Å². The lowest BCUT2D eigenvalue weighted by molar-refractivity contribution is -0.167. The molecule has 0 rings (SSSR count). The summed E-state index contributed by atoms with van der Waals surface area (Å²) in [5.74, 6) is -1.00. The molecule has 0 aromatic heterocycles. The molecule has 290 valence electrons. The minimum atomic E-state index is -0.804. The zero-order chi connectivity index (χ0) is 37.3. The Balaban J connectivity index is 4.50. The number of hydrogen-bond acceptors (Lipinski definition) is 6. The van der Waals surface area contributed by atoms with E-state index in [1.807, 2.05) is 0 Å². The molecule has 1 atom stereocenters. The molecule has 0 bridgehead atoms. The number of carbonyl (C=O) groups is 3. The van der Waals surface area contributed by atoms with Crippen LogP contribution in [0.3, 0.4) is 0 Å². The van der Waals surface area contributed by atoms with Crippen molar-refractivity contribution in [1.29, 1.82) is 0 Å². The highest BCUT2D eigenvalue weighted by Gasteiger charge is 2.19. The predicted octanol–water partition coefficient (Wildman–Crippen LogP) is 12.7. The van der Waals surface area contributed by atoms with Crippen molar-refractivity contribution in [2.75, 3.05) is 13.2 Å². The third kappa shape index (κ3) is 37.9. The SMILES string of the molecule is CC/C=C\C/C=C\C/C=C\CCCCC(=O)OCC(COC(=O)CCCC/C=C\C/C=C\CC)OC(=O)CCCCCCC/C=C\CCCCC. The average Bonchev–Trinajstić information content (AvgIpc) is 3.12. The van der Waals surface area contributed by atoms with Crippen LogP contribution >= 0.6 is 0 Å². The van der Waals surface area contributed by atoms with E-state index in [0.717, 1.165) is 103 Å². The van der Waals surface area contributed by atoms with E-state index >= 15 is 0 Å². The van der Waals surface area contributed by atoms with E-state index in [9.17, 15) is 14.4 Å². The van der Waals surface area contributed by atoms with Gasteiger partial charge in [0.25, 0.3) is 0 Å². The lowest BCUT2D eigenvalue weighted by Crippen LogP contribution is -2.30. The summed E-state index contributed by atoms with van der Waals surface area (Å²) in [5.41, 5.74) is 0. The van der Waals surface area contributed by atoms with Gasteiger partial charge < -0.3 is 14.2 Å². The number of hydrogen-bond donors (Lipinski definition) is 0. The summed E-state index contributed by atoms with van der Waals surface area (Å²) in [4.78, 5) is 37.5. The molecule has 0 N–H and O–H groups in total. The zero-order valence-electron chi connectivity index (χ0n) is 32.8. The van der Waals surface area contributed by atoms with E-state index in [2.05, 4.69) is 93.7 Å². The van der Waals surface area contributed by atoms with Gasteiger partial charge in [-0.05, 0) is 103 Å². The third-order valence-corrected chi connectivity index (χ3v) is 8.18. The summed E-state index contributed by atoms with van der Waals surface area (Å²) in [7, 11) is 0. The van der Waals surface area contributed by atoms with Gasteiger partial charge in [0.2, 0.25) is 0 Å². The van der Waals surface area contributed by atoms with Gasteiger partial charge in [0.15, 0.2) is 6.10 Å². The molecule has 0 aromatic carbocycles. The number of esters is 3. The van der Waals surface area contributed by atoms with Gasteiger partial charge >= 0.3 is 17.9 Å². The Kier molecular flexibility index (Phi) is 37.2. The van der Waals surface area contributed by atoms with E-state index in [1.54, 1.807) is 0 Å². The van der Waals surface area contributed by atoms with E-state index in [-0.39, 0.29) is 31.1 Å². The fourth-order valence-corrected chi connectivity index (χ4v) is 5.13. The highest BCUT2D eigenvalue weighted by molar-refractivity contribution is 5.71. The second kappa shape index (κ2) is 39.6. The van der Waals surface area contributed by atoms with Crippen molar-refractivity contribution in [3.05, 3.63) is 72.9 Å². The number of rotatable bonds is 35. The lowest BCUT2D eigenvalue weighted by atomic mass is 10.1. The summed E-state index contributed by atoms with van der Waals surface area (Å²) in [6, 6.07) is 0. The Morgan fingerprint density at radius 2 is 0.765 bits per heavy atom. The quantitative estimate of drug-likeness (QED) is 0.0282. The Morgan fingerprint density at radius 3 is 1.25 bits per heavy atom. The number of unbranched alkanes of at least 4 members (excludes halogenated alkanes) is 12. The fraction of sp³-hybridized carbons (Fsp3) is 0.667. The number of carbonyl (C=O) groups excluding carboxylic acids is 3. The smallest absolute Gasteiger partial charge is 0.306 e. The molecule has 6 nitrogen and oxygen atoms in total. The highest BCUT2D eigenvalue weighted by Crippen LogP contribution is 2.11. The minimum Gasteiger partial charge on any atom is -0.462 e. The molecule has 0 aliphatic heterocycles. The van der Waals surface area contributed by atoms with Gasteiger partial charge in [-0.2, -0.15) is 0 Å². The summed E-state index contributed by atoms with van der Waals surface area (Å²) >= 11 is 0. The molecule has 0 radical (unpaired) electrons. The molecule has 0 aliphatic carbocycles. The van der Waals surface area contributed by atoms with Crippen molar-refractivity contribution in [1.82, 2.24) is 0 Å². The maximum atomic E-state index is 12.6. The molecule has 51 heavy (non-hydrogen) atoms. The first-order chi connectivity index (χ1) is 25.0. The monoisotopic (exact) mass is 711 g/mol. The molecular weight excluding hydrogens is 636 g/mol. The lowest BCUT2D eigenvalue weighted by Gasteiger charge is -2.18. The molecule has 0 heterocycles. The molecule has 0 saturated carbocycles. The second-order valence-electron chi connectivity index (χ2n) is 13.1. The molecule has 0 spiro atoms. The first-order valence-electron chi connectivity index (χ1n) is 20.4. The van der Waals surface area contributed by atoms with Crippen LogP contribution < -0.4 is 0 Å². The van der Waals surface area contributed by atoms with Crippen LogP contribution in [0.4, 0.5) is 0 Å². The van der Waals surface area contributed by atoms with Crippen molar-refractivity contribution in [3.8, 4) is 0 Å². The fourth-order valence-electron chi connectivity index (χ4n) is 5.13. The summed E-state index contributed by atoms with van der Waals surface area (Å²) in [6.07, 6.45) is 47.6. The van der Waals surface area contributed by atoms with Crippen LogP contribution in [0.15, 0.2) is 72.9 Å². The molecule has 0 amide bonds. The molecule has 0 aliphatic rings. The summed E-state index contributed by atoms with van der Waals surface area (Å²) in [5, 5.41) is 0. The van der Waals surface area contributed by atoms with Gasteiger partial charge in [-0.25, -0.2) is 0 Å². The first-order valence-corrected chi connectivity index (χ1v) is 20.4. The zero-order valence-corrected chi connectivity index (χ0v) is 32.8. The van der Waals surface area contributed by atoms with Crippen molar-refractivity contribution < 1.29 is 28.6 Å². The average molecular weight is 711 g/mol. The standard InChI is InChI=1S/C45H74O6/c1-4-7-10-13-16-19-21-23-26-29-32-35-38-44(47)50-41-42(40-49-43(46)37-34-31-28-25-18-15-12-9-6-3)51-45(48)39-36-33-30-27-24-22-20-17-14-11-8-5-2/h7,9-10,12,16-20,23,25-26,42H,4-6,8,11,13-15,21-22,24,27-41H2,1-3H3/b10-7-,12-9-,19-16-,20-17-,25-18-,26-23-. The second-order valence-corrected chi connectivity index (χ2v) is 13.1. The van der Waals surface area contributed by atoms with Crippen LogP contribution in [-0.4, -0.2) is 37.2 Å². The van der Waals surface area contributed by atoms with Crippen LogP contribution in [0.2, 0.25) is 0 Å². The van der Waals surface area contributed by atoms with E-state index in [0.29, 0.717) is 19.3 Å². The Bertz CT molecular complexity index is 1000. The Hall–Kier alpha value is -3.15. The highest BCUT2D eigenvalue weighted by atomic mass is 16.6. The van der Waals surface area contributed by atoms with Gasteiger partial charge in [0, 0.05) is 19.3 Å². The van der Waals surface area contributed by atoms with Gasteiger partial charge in [0.05, 0.1) is 0 Å². The van der Waals surface area contributed by atoms with Crippen molar-refractivity contribution in [2.24, 2.45) is 0 Å². The largest absolute Gasteiger partial charge is 0.462 e. The van der Waals surface area contributed by atoms with E-state index in [4.69, 9.17) is 14.2 Å². The molecule has 0 aromatic rings. The molecule has 6 heteroatoms. The van der Waals surface area contributed by atoms with Crippen LogP contribution in [0.25, 0.3) is 0 Å². The molecule has 1 unspecified atom stereocenters. The topological polar surface area (TPSA) is 78.9 Å². The number of allylic oxidation sites excluding steroid dienone is 12. The van der Waals surface area contributed by atoms with Gasteiger partial charge in [-0.3, -0.25) is 14.4 Å². The van der Waals surface area contributed by atoms with Gasteiger partial charge in [-0.1, -0.05) is 126 Å². The van der Waals surface area contributed by atoms with Crippen LogP contribution in [0.5, 0.6) is 0 Å². The maximum absolute atomic E-state index is 12.6. The molecular formula is C45H74O6. The van der Waals surface area contributed by atoms with E-state index < -0.39 is 6.10 Å². The molecule has 0 fully saturated rings. The normalized spacial score (nSPS) is 12.8. The van der Waals surface area contributed by atoms with Gasteiger partial charge in [-0.15, -0.1) is 0 Å². The Morgan fingerprint density at radius 1 is 0.412 bits per heavy atom.